The van der Waals surface area contributed by atoms with Gasteiger partial charge in [0.1, 0.15) is 22.3 Å². The normalized spacial score (nSPS) is 11.4. The summed E-state index contributed by atoms with van der Waals surface area (Å²) in [7, 11) is -4.22. The molecule has 0 radical (unpaired) electrons. The minimum absolute atomic E-state index is 0.0321. The van der Waals surface area contributed by atoms with E-state index in [1.54, 1.807) is 37.3 Å². The molecule has 1 heterocycles. The molecule has 0 saturated carbocycles. The summed E-state index contributed by atoms with van der Waals surface area (Å²) in [5, 5.41) is 0.227. The summed E-state index contributed by atoms with van der Waals surface area (Å²) >= 11 is 6.19. The van der Waals surface area contributed by atoms with E-state index in [1.807, 2.05) is 18.6 Å². The third kappa shape index (κ3) is 7.64. The number of hydrogen-bond acceptors (Lipinski definition) is 6. The summed E-state index contributed by atoms with van der Waals surface area (Å²) < 4.78 is 54.4. The highest BCUT2D eigenvalue weighted by Crippen LogP contribution is 2.31. The SMILES string of the molecule is Cc1cc(C(=O)NS(=O)(=O)NCc2ccccc2)c(F)cc1Oc1cnc(OCC(C)C)c(Cl)c1. The zero-order chi connectivity index (χ0) is 25.6. The average Bonchev–Trinajstić information content (AvgIpc) is 2.79. The lowest BCUT2D eigenvalue weighted by atomic mass is 10.1. The highest BCUT2D eigenvalue weighted by Gasteiger charge is 2.21. The van der Waals surface area contributed by atoms with Crippen molar-refractivity contribution < 1.29 is 27.1 Å². The van der Waals surface area contributed by atoms with Crippen molar-refractivity contribution in [3.05, 3.63) is 82.3 Å². The maximum atomic E-state index is 14.7. The predicted octanol–water partition coefficient (Wildman–Crippen LogP) is 4.77. The van der Waals surface area contributed by atoms with Crippen molar-refractivity contribution in [2.45, 2.75) is 27.3 Å². The summed E-state index contributed by atoms with van der Waals surface area (Å²) in [6.07, 6.45) is 1.38. The summed E-state index contributed by atoms with van der Waals surface area (Å²) in [6.45, 7) is 5.98. The molecule has 0 bridgehead atoms. The van der Waals surface area contributed by atoms with E-state index in [-0.39, 0.29) is 28.9 Å². The van der Waals surface area contributed by atoms with Gasteiger partial charge in [-0.3, -0.25) is 4.79 Å². The molecular weight excluding hydrogens is 497 g/mol. The van der Waals surface area contributed by atoms with Crippen molar-refractivity contribution in [2.24, 2.45) is 5.92 Å². The van der Waals surface area contributed by atoms with Crippen LogP contribution in [0.15, 0.2) is 54.7 Å². The van der Waals surface area contributed by atoms with E-state index in [0.717, 1.165) is 6.07 Å². The lowest BCUT2D eigenvalue weighted by Crippen LogP contribution is -2.40. The Labute approximate surface area is 208 Å². The molecule has 3 rings (SSSR count). The Morgan fingerprint density at radius 3 is 2.54 bits per heavy atom. The zero-order valence-corrected chi connectivity index (χ0v) is 20.9. The topological polar surface area (TPSA) is 107 Å². The summed E-state index contributed by atoms with van der Waals surface area (Å²) in [4.78, 5) is 16.6. The fourth-order valence-corrected chi connectivity index (χ4v) is 3.87. The highest BCUT2D eigenvalue weighted by atomic mass is 35.5. The molecule has 0 aliphatic heterocycles. The van der Waals surface area contributed by atoms with Crippen LogP contribution in [0.3, 0.4) is 0 Å². The molecule has 0 saturated heterocycles. The molecule has 0 aliphatic carbocycles. The molecule has 2 aromatic carbocycles. The number of nitrogens with one attached hydrogen (secondary N) is 2. The molecule has 11 heteroatoms. The molecule has 0 fully saturated rings. The van der Waals surface area contributed by atoms with Gasteiger partial charge in [0.15, 0.2) is 0 Å². The number of benzene rings is 2. The fourth-order valence-electron chi connectivity index (χ4n) is 2.88. The van der Waals surface area contributed by atoms with Gasteiger partial charge in [-0.15, -0.1) is 0 Å². The van der Waals surface area contributed by atoms with Crippen LogP contribution in [0.1, 0.15) is 35.3 Å². The molecule has 3 aromatic rings. The van der Waals surface area contributed by atoms with Crippen molar-refractivity contribution in [1.29, 1.82) is 0 Å². The Morgan fingerprint density at radius 1 is 1.17 bits per heavy atom. The second-order valence-corrected chi connectivity index (χ2v) is 10.0. The largest absolute Gasteiger partial charge is 0.476 e. The van der Waals surface area contributed by atoms with Gasteiger partial charge < -0.3 is 9.47 Å². The van der Waals surface area contributed by atoms with Gasteiger partial charge in [-0.05, 0) is 30.0 Å². The molecule has 1 aromatic heterocycles. The lowest BCUT2D eigenvalue weighted by Gasteiger charge is -2.13. The number of aryl methyl sites for hydroxylation is 1. The monoisotopic (exact) mass is 521 g/mol. The Kier molecular flexibility index (Phi) is 8.66. The van der Waals surface area contributed by atoms with Crippen LogP contribution < -0.4 is 18.9 Å². The van der Waals surface area contributed by atoms with E-state index < -0.39 is 27.5 Å². The molecule has 8 nitrogen and oxygen atoms in total. The number of hydrogen-bond donors (Lipinski definition) is 2. The van der Waals surface area contributed by atoms with Gasteiger partial charge in [-0.2, -0.15) is 13.1 Å². The third-order valence-electron chi connectivity index (χ3n) is 4.61. The number of pyridine rings is 1. The fraction of sp³-hybridized carbons (Fsp3) is 0.250. The first-order valence-electron chi connectivity index (χ1n) is 10.7. The Morgan fingerprint density at radius 2 is 1.89 bits per heavy atom. The van der Waals surface area contributed by atoms with Gasteiger partial charge in [-0.25, -0.2) is 14.1 Å². The van der Waals surface area contributed by atoms with Crippen molar-refractivity contribution >= 4 is 27.7 Å². The van der Waals surface area contributed by atoms with Crippen molar-refractivity contribution in [1.82, 2.24) is 14.4 Å². The second-order valence-electron chi connectivity index (χ2n) is 8.10. The van der Waals surface area contributed by atoms with Gasteiger partial charge in [0.25, 0.3) is 5.91 Å². The summed E-state index contributed by atoms with van der Waals surface area (Å²) in [5.41, 5.74) is 0.638. The van der Waals surface area contributed by atoms with Crippen molar-refractivity contribution in [3.8, 4) is 17.4 Å². The van der Waals surface area contributed by atoms with Crippen LogP contribution in [0.5, 0.6) is 17.4 Å². The third-order valence-corrected chi connectivity index (χ3v) is 5.86. The summed E-state index contributed by atoms with van der Waals surface area (Å²) in [6, 6.07) is 12.4. The number of amides is 1. The molecule has 1 amide bonds. The van der Waals surface area contributed by atoms with E-state index >= 15 is 0 Å². The number of carbonyl (C=O) groups excluding carboxylic acids is 1. The van der Waals surface area contributed by atoms with E-state index in [1.165, 1.54) is 18.3 Å². The first kappa shape index (κ1) is 26.4. The number of rotatable bonds is 10. The first-order chi connectivity index (χ1) is 16.5. The Bertz CT molecular complexity index is 1300. The Hall–Kier alpha value is -3.21. The van der Waals surface area contributed by atoms with Crippen molar-refractivity contribution in [3.63, 3.8) is 0 Å². The molecule has 0 spiro atoms. The number of nitrogens with zero attached hydrogens (tertiary/aromatic N) is 1. The number of halogens is 2. The van der Waals surface area contributed by atoms with Gasteiger partial charge in [0.2, 0.25) is 5.88 Å². The number of carbonyl (C=O) groups is 1. The maximum Gasteiger partial charge on any atom is 0.301 e. The molecule has 0 unspecified atom stereocenters. The maximum absolute atomic E-state index is 14.7. The molecule has 0 atom stereocenters. The molecule has 35 heavy (non-hydrogen) atoms. The van der Waals surface area contributed by atoms with Crippen molar-refractivity contribution in [2.75, 3.05) is 6.61 Å². The quantitative estimate of drug-likeness (QED) is 0.398. The molecule has 0 aliphatic rings. The summed E-state index contributed by atoms with van der Waals surface area (Å²) in [5.74, 6) is -1.19. The van der Waals surface area contributed by atoms with Crippen LogP contribution in [0.2, 0.25) is 5.02 Å². The average molecular weight is 522 g/mol. The second kappa shape index (κ2) is 11.5. The Balaban J connectivity index is 1.69. The zero-order valence-electron chi connectivity index (χ0n) is 19.3. The predicted molar refractivity (Wildman–Crippen MR) is 130 cm³/mol. The van der Waals surface area contributed by atoms with Gasteiger partial charge in [-0.1, -0.05) is 55.8 Å². The molecule has 2 N–H and O–H groups in total. The van der Waals surface area contributed by atoms with E-state index in [2.05, 4.69) is 9.71 Å². The van der Waals surface area contributed by atoms with Crippen LogP contribution in [-0.4, -0.2) is 25.9 Å². The van der Waals surface area contributed by atoms with Gasteiger partial charge in [0, 0.05) is 18.7 Å². The molecular formula is C24H25ClFN3O5S. The van der Waals surface area contributed by atoms with Crippen LogP contribution >= 0.6 is 11.6 Å². The van der Waals surface area contributed by atoms with E-state index in [0.29, 0.717) is 23.7 Å². The number of ether oxygens (including phenoxy) is 2. The lowest BCUT2D eigenvalue weighted by molar-refractivity contribution is 0.0977. The van der Waals surface area contributed by atoms with Crippen LogP contribution in [0.4, 0.5) is 4.39 Å². The minimum Gasteiger partial charge on any atom is -0.476 e. The highest BCUT2D eigenvalue weighted by molar-refractivity contribution is 7.88. The van der Waals surface area contributed by atoms with Crippen LogP contribution in [0.25, 0.3) is 0 Å². The minimum atomic E-state index is -4.22. The van der Waals surface area contributed by atoms with E-state index in [9.17, 15) is 17.6 Å². The number of aromatic nitrogens is 1. The van der Waals surface area contributed by atoms with Gasteiger partial charge >= 0.3 is 10.2 Å². The molecule has 186 valence electrons. The van der Waals surface area contributed by atoms with E-state index in [4.69, 9.17) is 21.1 Å². The van der Waals surface area contributed by atoms with Gasteiger partial charge in [0.05, 0.1) is 18.4 Å². The smallest absolute Gasteiger partial charge is 0.301 e. The first-order valence-corrected chi connectivity index (χ1v) is 12.5. The van der Waals surface area contributed by atoms with Crippen LogP contribution in [-0.2, 0) is 16.8 Å². The van der Waals surface area contributed by atoms with Crippen LogP contribution in [0, 0.1) is 18.7 Å². The standard InChI is InChI=1S/C24H25ClFN3O5S/c1-15(2)14-33-24-20(25)10-18(13-27-24)34-22-11-21(26)19(9-16(22)3)23(30)29-35(31,32)28-12-17-7-5-4-6-8-17/h4-11,13,15,28H,12,14H2,1-3H3,(H,29,30).